The lowest BCUT2D eigenvalue weighted by atomic mass is 9.92. The molecule has 1 aliphatic carbocycles. The van der Waals surface area contributed by atoms with Crippen LogP contribution in [0.25, 0.3) is 5.57 Å². The Balaban J connectivity index is 2.19. The van der Waals surface area contributed by atoms with E-state index in [-0.39, 0.29) is 12.5 Å². The van der Waals surface area contributed by atoms with E-state index >= 15 is 0 Å². The molecule has 1 N–H and O–H groups in total. The number of rotatable bonds is 3. The zero-order chi connectivity index (χ0) is 13.2. The fourth-order valence-corrected chi connectivity index (χ4v) is 2.42. The van der Waals surface area contributed by atoms with E-state index in [1.54, 1.807) is 0 Å². The highest BCUT2D eigenvalue weighted by Gasteiger charge is 2.30. The Hall–Kier alpha value is -1.29. The van der Waals surface area contributed by atoms with Gasteiger partial charge in [0.1, 0.15) is 0 Å². The van der Waals surface area contributed by atoms with Crippen LogP contribution in [-0.2, 0) is 6.18 Å². The standard InChI is InChI=1S/C14H15F3O/c15-14(16,17)12-6-4-11(5-7-12)13-3-1-2-10(13)8-9-18/h3-7,10,18H,1-2,8-9H2/t10-/m0/s1. The van der Waals surface area contributed by atoms with Gasteiger partial charge in [0.25, 0.3) is 0 Å². The second-order valence-corrected chi connectivity index (χ2v) is 4.52. The molecule has 1 nitrogen and oxygen atoms in total. The molecule has 1 atom stereocenters. The lowest BCUT2D eigenvalue weighted by Gasteiger charge is -2.14. The van der Waals surface area contributed by atoms with Gasteiger partial charge in [-0.05, 0) is 48.4 Å². The minimum atomic E-state index is -4.28. The Morgan fingerprint density at radius 1 is 1.17 bits per heavy atom. The molecule has 98 valence electrons. The van der Waals surface area contributed by atoms with Crippen molar-refractivity contribution < 1.29 is 18.3 Å². The first-order valence-corrected chi connectivity index (χ1v) is 6.01. The van der Waals surface area contributed by atoms with E-state index in [1.807, 2.05) is 0 Å². The Bertz CT molecular complexity index is 431. The first-order chi connectivity index (χ1) is 8.52. The molecule has 0 saturated carbocycles. The van der Waals surface area contributed by atoms with E-state index in [2.05, 4.69) is 6.08 Å². The first kappa shape index (κ1) is 13.1. The maximum atomic E-state index is 12.4. The van der Waals surface area contributed by atoms with Gasteiger partial charge < -0.3 is 5.11 Å². The van der Waals surface area contributed by atoms with Crippen LogP contribution in [0.4, 0.5) is 13.2 Å². The monoisotopic (exact) mass is 256 g/mol. The van der Waals surface area contributed by atoms with Gasteiger partial charge in [0.15, 0.2) is 0 Å². The van der Waals surface area contributed by atoms with Gasteiger partial charge in [-0.15, -0.1) is 0 Å². The third kappa shape index (κ3) is 2.75. The van der Waals surface area contributed by atoms with Crippen molar-refractivity contribution in [2.45, 2.75) is 25.4 Å². The summed E-state index contributed by atoms with van der Waals surface area (Å²) in [7, 11) is 0. The van der Waals surface area contributed by atoms with Gasteiger partial charge in [-0.3, -0.25) is 0 Å². The summed E-state index contributed by atoms with van der Waals surface area (Å²) in [5.41, 5.74) is 1.28. The van der Waals surface area contributed by atoms with Gasteiger partial charge in [0.05, 0.1) is 5.56 Å². The number of aliphatic hydroxyl groups is 1. The van der Waals surface area contributed by atoms with E-state index < -0.39 is 11.7 Å². The van der Waals surface area contributed by atoms with Gasteiger partial charge in [0.2, 0.25) is 0 Å². The van der Waals surface area contributed by atoms with E-state index in [0.29, 0.717) is 6.42 Å². The molecule has 0 aliphatic heterocycles. The summed E-state index contributed by atoms with van der Waals surface area (Å²) in [5.74, 6) is 0.270. The summed E-state index contributed by atoms with van der Waals surface area (Å²) in [6.07, 6.45) is 0.348. The van der Waals surface area contributed by atoms with Crippen LogP contribution in [-0.4, -0.2) is 11.7 Å². The number of halogens is 3. The topological polar surface area (TPSA) is 20.2 Å². The summed E-state index contributed by atoms with van der Waals surface area (Å²) >= 11 is 0. The maximum absolute atomic E-state index is 12.4. The minimum Gasteiger partial charge on any atom is -0.396 e. The molecule has 1 aromatic carbocycles. The zero-order valence-corrected chi connectivity index (χ0v) is 9.87. The fourth-order valence-electron chi connectivity index (χ4n) is 2.42. The highest BCUT2D eigenvalue weighted by molar-refractivity contribution is 5.69. The van der Waals surface area contributed by atoms with Crippen molar-refractivity contribution >= 4 is 5.57 Å². The van der Waals surface area contributed by atoms with Crippen LogP contribution in [0.2, 0.25) is 0 Å². The number of hydrogen-bond acceptors (Lipinski definition) is 1. The summed E-state index contributed by atoms with van der Waals surface area (Å²) in [6.45, 7) is 0.114. The lowest BCUT2D eigenvalue weighted by molar-refractivity contribution is -0.137. The number of allylic oxidation sites excluding steroid dienone is 2. The quantitative estimate of drug-likeness (QED) is 0.870. The molecule has 1 aromatic rings. The van der Waals surface area contributed by atoms with E-state index in [9.17, 15) is 13.2 Å². The van der Waals surface area contributed by atoms with Crippen LogP contribution in [0.15, 0.2) is 30.3 Å². The molecular weight excluding hydrogens is 241 g/mol. The molecule has 0 radical (unpaired) electrons. The van der Waals surface area contributed by atoms with Crippen LogP contribution in [0.3, 0.4) is 0 Å². The SMILES string of the molecule is OCC[C@@H]1CCC=C1c1ccc(C(F)(F)F)cc1. The van der Waals surface area contributed by atoms with Crippen LogP contribution >= 0.6 is 0 Å². The maximum Gasteiger partial charge on any atom is 0.416 e. The predicted molar refractivity (Wildman–Crippen MR) is 63.8 cm³/mol. The Labute approximate surface area is 104 Å². The summed E-state index contributed by atoms with van der Waals surface area (Å²) in [4.78, 5) is 0. The second-order valence-electron chi connectivity index (χ2n) is 4.52. The minimum absolute atomic E-state index is 0.114. The molecule has 0 heterocycles. The van der Waals surface area contributed by atoms with Crippen molar-refractivity contribution in [1.82, 2.24) is 0 Å². The third-order valence-electron chi connectivity index (χ3n) is 3.34. The van der Waals surface area contributed by atoms with Crippen molar-refractivity contribution in [3.8, 4) is 0 Å². The van der Waals surface area contributed by atoms with Crippen molar-refractivity contribution in [2.24, 2.45) is 5.92 Å². The molecule has 0 saturated heterocycles. The number of alkyl halides is 3. The van der Waals surface area contributed by atoms with Gasteiger partial charge in [-0.2, -0.15) is 13.2 Å². The Morgan fingerprint density at radius 2 is 1.83 bits per heavy atom. The van der Waals surface area contributed by atoms with Crippen molar-refractivity contribution in [1.29, 1.82) is 0 Å². The number of hydrogen-bond donors (Lipinski definition) is 1. The summed E-state index contributed by atoms with van der Waals surface area (Å²) < 4.78 is 37.3. The molecular formula is C14H15F3O. The zero-order valence-electron chi connectivity index (χ0n) is 9.87. The van der Waals surface area contributed by atoms with Crippen LogP contribution in [0.1, 0.15) is 30.4 Å². The smallest absolute Gasteiger partial charge is 0.396 e. The molecule has 18 heavy (non-hydrogen) atoms. The first-order valence-electron chi connectivity index (χ1n) is 6.01. The molecule has 0 bridgehead atoms. The van der Waals surface area contributed by atoms with Crippen molar-refractivity contribution in [3.63, 3.8) is 0 Å². The van der Waals surface area contributed by atoms with Gasteiger partial charge in [-0.1, -0.05) is 18.2 Å². The van der Waals surface area contributed by atoms with Crippen LogP contribution < -0.4 is 0 Å². The highest BCUT2D eigenvalue weighted by Crippen LogP contribution is 2.37. The van der Waals surface area contributed by atoms with Gasteiger partial charge in [0, 0.05) is 6.61 Å². The lowest BCUT2D eigenvalue weighted by Crippen LogP contribution is -2.05. The largest absolute Gasteiger partial charge is 0.416 e. The molecule has 0 fully saturated rings. The Morgan fingerprint density at radius 3 is 2.39 bits per heavy atom. The molecule has 0 unspecified atom stereocenters. The molecule has 0 aromatic heterocycles. The molecule has 0 spiro atoms. The van der Waals surface area contributed by atoms with Gasteiger partial charge >= 0.3 is 6.18 Å². The molecule has 4 heteroatoms. The summed E-state index contributed by atoms with van der Waals surface area (Å²) in [6, 6.07) is 5.27. The molecule has 0 amide bonds. The highest BCUT2D eigenvalue weighted by atomic mass is 19.4. The van der Waals surface area contributed by atoms with Crippen LogP contribution in [0, 0.1) is 5.92 Å². The van der Waals surface area contributed by atoms with Gasteiger partial charge in [-0.25, -0.2) is 0 Å². The van der Waals surface area contributed by atoms with Crippen LogP contribution in [0.5, 0.6) is 0 Å². The average molecular weight is 256 g/mol. The van der Waals surface area contributed by atoms with Crippen molar-refractivity contribution in [2.75, 3.05) is 6.61 Å². The molecule has 2 rings (SSSR count). The second kappa shape index (κ2) is 5.14. The van der Waals surface area contributed by atoms with E-state index in [4.69, 9.17) is 5.11 Å². The summed E-state index contributed by atoms with van der Waals surface area (Å²) in [5, 5.41) is 8.97. The van der Waals surface area contributed by atoms with Crippen molar-refractivity contribution in [3.05, 3.63) is 41.5 Å². The Kier molecular flexibility index (Phi) is 3.76. The van der Waals surface area contributed by atoms with E-state index in [0.717, 1.165) is 36.1 Å². The van der Waals surface area contributed by atoms with E-state index in [1.165, 1.54) is 12.1 Å². The third-order valence-corrected chi connectivity index (χ3v) is 3.34. The number of benzene rings is 1. The fraction of sp³-hybridized carbons (Fsp3) is 0.429. The normalized spacial score (nSPS) is 20.0. The average Bonchev–Trinajstić information content (AvgIpc) is 2.77. The molecule has 1 aliphatic rings. The number of aliphatic hydroxyl groups excluding tert-OH is 1. The predicted octanol–water partition coefficient (Wildman–Crippen LogP) is 3.88.